The zero-order chi connectivity index (χ0) is 25.5. The van der Waals surface area contributed by atoms with Gasteiger partial charge in [-0.15, -0.1) is 0 Å². The number of dihydropyridines is 1. The highest BCUT2D eigenvalue weighted by Gasteiger charge is 2.35. The molecular formula is C27H24N4O4S. The number of hydrogen-bond acceptors (Lipinski definition) is 7. The lowest BCUT2D eigenvalue weighted by Gasteiger charge is -2.29. The standard InChI is InChI=1S/C27H24N4O4S/c1-17-24(26(33)31-21-10-6-7-11-22(21)34-2)25(18-12-13-35-15-18)20(14-28)27(29-17)36-16-23(32)30-19-8-4-3-5-9-19/h3-13,15,25,29H,16H2,1-2H3,(H,30,32)(H,31,33)/t25-/m1/s1. The van der Waals surface area contributed by atoms with Crippen LogP contribution in [0.3, 0.4) is 0 Å². The lowest BCUT2D eigenvalue weighted by Crippen LogP contribution is -2.31. The maximum Gasteiger partial charge on any atom is 0.254 e. The third kappa shape index (κ3) is 5.45. The van der Waals surface area contributed by atoms with E-state index in [9.17, 15) is 14.9 Å². The van der Waals surface area contributed by atoms with Crippen LogP contribution in [0.2, 0.25) is 0 Å². The van der Waals surface area contributed by atoms with Gasteiger partial charge >= 0.3 is 0 Å². The number of nitrogens with zero attached hydrogens (tertiary/aromatic N) is 1. The van der Waals surface area contributed by atoms with Crippen LogP contribution in [-0.2, 0) is 9.59 Å². The number of anilines is 2. The Balaban J connectivity index is 1.60. The van der Waals surface area contributed by atoms with Gasteiger partial charge in [0, 0.05) is 22.5 Å². The molecular weight excluding hydrogens is 476 g/mol. The first kappa shape index (κ1) is 24.7. The van der Waals surface area contributed by atoms with Crippen LogP contribution in [0.1, 0.15) is 18.4 Å². The Hall–Kier alpha value is -4.42. The lowest BCUT2D eigenvalue weighted by atomic mass is 9.83. The number of methoxy groups -OCH3 is 1. The Labute approximate surface area is 213 Å². The van der Waals surface area contributed by atoms with Crippen LogP contribution in [0.5, 0.6) is 5.75 Å². The Morgan fingerprint density at radius 1 is 1.11 bits per heavy atom. The molecule has 4 rings (SSSR count). The number of carbonyl (C=O) groups excluding carboxylic acids is 2. The molecule has 8 nitrogen and oxygen atoms in total. The third-order valence-corrected chi connectivity index (χ3v) is 6.55. The van der Waals surface area contributed by atoms with Crippen molar-refractivity contribution >= 4 is 35.0 Å². The molecule has 0 radical (unpaired) electrons. The van der Waals surface area contributed by atoms with Crippen LogP contribution in [0.15, 0.2) is 99.5 Å². The molecule has 0 saturated carbocycles. The number of carbonyl (C=O) groups is 2. The first-order valence-electron chi connectivity index (χ1n) is 11.1. The fraction of sp³-hybridized carbons (Fsp3) is 0.148. The van der Waals surface area contributed by atoms with E-state index >= 15 is 0 Å². The number of hydrogen-bond donors (Lipinski definition) is 3. The number of furan rings is 1. The first-order chi connectivity index (χ1) is 17.5. The van der Waals surface area contributed by atoms with Crippen molar-refractivity contribution in [3.8, 4) is 11.8 Å². The summed E-state index contributed by atoms with van der Waals surface area (Å²) in [6, 6.07) is 20.2. The number of benzene rings is 2. The third-order valence-electron chi connectivity index (χ3n) is 5.53. The first-order valence-corrected chi connectivity index (χ1v) is 12.1. The van der Waals surface area contributed by atoms with E-state index in [4.69, 9.17) is 9.15 Å². The monoisotopic (exact) mass is 500 g/mol. The Bertz CT molecular complexity index is 1360. The van der Waals surface area contributed by atoms with Gasteiger partial charge in [-0.3, -0.25) is 9.59 Å². The van der Waals surface area contributed by atoms with Gasteiger partial charge in [-0.25, -0.2) is 0 Å². The molecule has 0 saturated heterocycles. The highest BCUT2D eigenvalue weighted by atomic mass is 32.2. The van der Waals surface area contributed by atoms with Gasteiger partial charge in [0.2, 0.25) is 5.91 Å². The van der Waals surface area contributed by atoms with Crippen LogP contribution >= 0.6 is 11.8 Å². The Kier molecular flexibility index (Phi) is 7.78. The zero-order valence-corrected chi connectivity index (χ0v) is 20.5. The maximum absolute atomic E-state index is 13.5. The van der Waals surface area contributed by atoms with Crippen LogP contribution in [-0.4, -0.2) is 24.7 Å². The Morgan fingerprint density at radius 2 is 1.86 bits per heavy atom. The molecule has 3 aromatic rings. The fourth-order valence-corrected chi connectivity index (χ4v) is 4.79. The second-order valence-electron chi connectivity index (χ2n) is 7.87. The summed E-state index contributed by atoms with van der Waals surface area (Å²) < 4.78 is 10.6. The van der Waals surface area contributed by atoms with E-state index < -0.39 is 5.92 Å². The largest absolute Gasteiger partial charge is 0.495 e. The summed E-state index contributed by atoms with van der Waals surface area (Å²) in [5, 5.41) is 19.5. The SMILES string of the molecule is COc1ccccc1NC(=O)C1=C(C)NC(SCC(=O)Nc2ccccc2)=C(C#N)[C@H]1c1ccoc1. The molecule has 3 N–H and O–H groups in total. The number of amides is 2. The number of nitriles is 1. The van der Waals surface area contributed by atoms with Gasteiger partial charge in [-0.2, -0.15) is 5.26 Å². The van der Waals surface area contributed by atoms with Crippen molar-refractivity contribution in [3.63, 3.8) is 0 Å². The smallest absolute Gasteiger partial charge is 0.254 e. The highest BCUT2D eigenvalue weighted by molar-refractivity contribution is 8.03. The number of nitrogens with one attached hydrogen (secondary N) is 3. The minimum atomic E-state index is -0.676. The number of ether oxygens (including phenoxy) is 1. The van der Waals surface area contributed by atoms with E-state index in [-0.39, 0.29) is 17.6 Å². The van der Waals surface area contributed by atoms with Crippen molar-refractivity contribution in [2.24, 2.45) is 0 Å². The van der Waals surface area contributed by atoms with Crippen LogP contribution in [0.4, 0.5) is 11.4 Å². The molecule has 182 valence electrons. The molecule has 36 heavy (non-hydrogen) atoms. The number of thioether (sulfide) groups is 1. The quantitative estimate of drug-likeness (QED) is 0.399. The van der Waals surface area contributed by atoms with Gasteiger partial charge < -0.3 is 25.1 Å². The van der Waals surface area contributed by atoms with E-state index in [1.807, 2.05) is 24.3 Å². The molecule has 1 aromatic heterocycles. The minimum Gasteiger partial charge on any atom is -0.495 e. The zero-order valence-electron chi connectivity index (χ0n) is 19.7. The van der Waals surface area contributed by atoms with E-state index in [1.165, 1.54) is 31.4 Å². The van der Waals surface area contributed by atoms with Crippen molar-refractivity contribution < 1.29 is 18.7 Å². The summed E-state index contributed by atoms with van der Waals surface area (Å²) in [7, 11) is 1.53. The number of para-hydroxylation sites is 3. The molecule has 9 heteroatoms. The van der Waals surface area contributed by atoms with Gasteiger partial charge in [0.25, 0.3) is 5.91 Å². The van der Waals surface area contributed by atoms with Gasteiger partial charge in [0.1, 0.15) is 5.75 Å². The molecule has 2 aromatic carbocycles. The van der Waals surface area contributed by atoms with E-state index in [0.717, 1.165) is 0 Å². The molecule has 0 unspecified atom stereocenters. The van der Waals surface area contributed by atoms with Gasteiger partial charge in [-0.1, -0.05) is 42.1 Å². The van der Waals surface area contributed by atoms with E-state index in [1.54, 1.807) is 43.3 Å². The maximum atomic E-state index is 13.5. The molecule has 0 aliphatic carbocycles. The van der Waals surface area contributed by atoms with Crippen molar-refractivity contribution in [2.45, 2.75) is 12.8 Å². The average Bonchev–Trinajstić information content (AvgIpc) is 3.42. The van der Waals surface area contributed by atoms with Gasteiger partial charge in [0.15, 0.2) is 0 Å². The molecule has 2 amide bonds. The summed E-state index contributed by atoms with van der Waals surface area (Å²) in [5.41, 5.74) is 3.12. The number of rotatable bonds is 8. The molecule has 2 heterocycles. The van der Waals surface area contributed by atoms with Crippen LogP contribution in [0.25, 0.3) is 0 Å². The summed E-state index contributed by atoms with van der Waals surface area (Å²) >= 11 is 1.20. The normalized spacial score (nSPS) is 15.1. The minimum absolute atomic E-state index is 0.0799. The predicted octanol–water partition coefficient (Wildman–Crippen LogP) is 4.99. The van der Waals surface area contributed by atoms with E-state index in [2.05, 4.69) is 22.0 Å². The van der Waals surface area contributed by atoms with Crippen molar-refractivity contribution in [1.29, 1.82) is 5.26 Å². The second kappa shape index (κ2) is 11.3. The van der Waals surface area contributed by atoms with Crippen molar-refractivity contribution in [1.82, 2.24) is 5.32 Å². The molecule has 1 aliphatic heterocycles. The fourth-order valence-electron chi connectivity index (χ4n) is 3.89. The topological polar surface area (TPSA) is 116 Å². The highest BCUT2D eigenvalue weighted by Crippen LogP contribution is 2.41. The molecule has 0 spiro atoms. The van der Waals surface area contributed by atoms with E-state index in [0.29, 0.717) is 44.6 Å². The van der Waals surface area contributed by atoms with Gasteiger partial charge in [0.05, 0.1) is 53.7 Å². The van der Waals surface area contributed by atoms with Crippen LogP contribution in [0, 0.1) is 11.3 Å². The summed E-state index contributed by atoms with van der Waals surface area (Å²) in [5.74, 6) is -0.668. The van der Waals surface area contributed by atoms with Crippen molar-refractivity contribution in [3.05, 3.63) is 101 Å². The summed E-state index contributed by atoms with van der Waals surface area (Å²) in [6.07, 6.45) is 3.01. The molecule has 0 bridgehead atoms. The van der Waals surface area contributed by atoms with Crippen molar-refractivity contribution in [2.75, 3.05) is 23.5 Å². The summed E-state index contributed by atoms with van der Waals surface area (Å²) in [6.45, 7) is 1.77. The molecule has 1 atom stereocenters. The molecule has 1 aliphatic rings. The average molecular weight is 501 g/mol. The summed E-state index contributed by atoms with van der Waals surface area (Å²) in [4.78, 5) is 26.0. The second-order valence-corrected chi connectivity index (χ2v) is 8.85. The predicted molar refractivity (Wildman–Crippen MR) is 139 cm³/mol. The lowest BCUT2D eigenvalue weighted by molar-refractivity contribution is -0.114. The molecule has 0 fully saturated rings. The van der Waals surface area contributed by atoms with Crippen LogP contribution < -0.4 is 20.7 Å². The number of allylic oxidation sites excluding steroid dienone is 2. The van der Waals surface area contributed by atoms with Gasteiger partial charge in [-0.05, 0) is 37.3 Å². The Morgan fingerprint density at radius 3 is 2.56 bits per heavy atom.